The SMILES string of the molecule is Nc1cc(Br)cc(Br)c1NC(=O)c1cc2ccccc2o1. The van der Waals surface area contributed by atoms with E-state index >= 15 is 0 Å². The Morgan fingerprint density at radius 3 is 2.62 bits per heavy atom. The molecule has 6 heteroatoms. The summed E-state index contributed by atoms with van der Waals surface area (Å²) in [7, 11) is 0. The Bertz CT molecular complexity index is 787. The number of halogens is 2. The Morgan fingerprint density at radius 2 is 1.90 bits per heavy atom. The van der Waals surface area contributed by atoms with Crippen LogP contribution in [0.3, 0.4) is 0 Å². The van der Waals surface area contributed by atoms with Crippen molar-refractivity contribution in [2.24, 2.45) is 0 Å². The minimum Gasteiger partial charge on any atom is -0.451 e. The second kappa shape index (κ2) is 5.54. The number of para-hydroxylation sites is 1. The zero-order valence-corrected chi connectivity index (χ0v) is 13.9. The molecule has 0 aliphatic rings. The molecular formula is C15H10Br2N2O2. The standard InChI is InChI=1S/C15H10Br2N2O2/c16-9-6-10(17)14(11(18)7-9)19-15(20)13-5-8-3-1-2-4-12(8)21-13/h1-7H,18H2,(H,19,20). The molecule has 3 aromatic rings. The molecule has 1 amide bonds. The third kappa shape index (κ3) is 2.82. The summed E-state index contributed by atoms with van der Waals surface area (Å²) in [5.41, 5.74) is 7.57. The number of nitrogens with two attached hydrogens (primary N) is 1. The second-order valence-corrected chi connectivity index (χ2v) is 6.22. The molecule has 0 radical (unpaired) electrons. The average molecular weight is 410 g/mol. The number of hydrogen-bond donors (Lipinski definition) is 2. The molecule has 0 aliphatic carbocycles. The molecule has 0 fully saturated rings. The molecule has 1 heterocycles. The number of carbonyl (C=O) groups excluding carboxylic acids is 1. The Kier molecular flexibility index (Phi) is 3.73. The van der Waals surface area contributed by atoms with Crippen LogP contribution in [-0.2, 0) is 0 Å². The molecule has 21 heavy (non-hydrogen) atoms. The van der Waals surface area contributed by atoms with Gasteiger partial charge < -0.3 is 15.5 Å². The van der Waals surface area contributed by atoms with Crippen LogP contribution in [0.15, 0.2) is 55.8 Å². The Hall–Kier alpha value is -1.79. The number of anilines is 2. The molecule has 2 aromatic carbocycles. The zero-order chi connectivity index (χ0) is 15.0. The lowest BCUT2D eigenvalue weighted by molar-refractivity contribution is 0.0998. The lowest BCUT2D eigenvalue weighted by atomic mass is 10.2. The van der Waals surface area contributed by atoms with E-state index in [1.807, 2.05) is 30.3 Å². The molecule has 0 unspecified atom stereocenters. The Labute approximate surface area is 137 Å². The number of hydrogen-bond acceptors (Lipinski definition) is 3. The molecule has 3 rings (SSSR count). The Balaban J connectivity index is 1.93. The predicted molar refractivity (Wildman–Crippen MR) is 90.4 cm³/mol. The van der Waals surface area contributed by atoms with Crippen LogP contribution in [0.25, 0.3) is 11.0 Å². The van der Waals surface area contributed by atoms with Crippen molar-refractivity contribution < 1.29 is 9.21 Å². The quantitative estimate of drug-likeness (QED) is 0.597. The highest BCUT2D eigenvalue weighted by Gasteiger charge is 2.15. The van der Waals surface area contributed by atoms with Crippen LogP contribution < -0.4 is 11.1 Å². The van der Waals surface area contributed by atoms with Crippen molar-refractivity contribution in [2.45, 2.75) is 0 Å². The number of nitrogens with one attached hydrogen (secondary N) is 1. The minimum atomic E-state index is -0.346. The fraction of sp³-hybridized carbons (Fsp3) is 0. The van der Waals surface area contributed by atoms with E-state index in [0.717, 1.165) is 9.86 Å². The molecule has 3 N–H and O–H groups in total. The van der Waals surface area contributed by atoms with Gasteiger partial charge >= 0.3 is 0 Å². The van der Waals surface area contributed by atoms with Gasteiger partial charge in [-0.2, -0.15) is 0 Å². The number of amides is 1. The van der Waals surface area contributed by atoms with Crippen molar-refractivity contribution in [3.63, 3.8) is 0 Å². The normalized spacial score (nSPS) is 10.8. The molecule has 0 atom stereocenters. The molecule has 106 valence electrons. The number of fused-ring (bicyclic) bond motifs is 1. The van der Waals surface area contributed by atoms with Gasteiger partial charge in [-0.05, 0) is 40.2 Å². The van der Waals surface area contributed by atoms with E-state index in [-0.39, 0.29) is 11.7 Å². The summed E-state index contributed by atoms with van der Waals surface area (Å²) in [6.07, 6.45) is 0. The first kappa shape index (κ1) is 14.2. The minimum absolute atomic E-state index is 0.241. The second-order valence-electron chi connectivity index (χ2n) is 4.45. The van der Waals surface area contributed by atoms with Gasteiger partial charge in [0.15, 0.2) is 5.76 Å². The molecule has 4 nitrogen and oxygen atoms in total. The van der Waals surface area contributed by atoms with Crippen LogP contribution in [0, 0.1) is 0 Å². The highest BCUT2D eigenvalue weighted by atomic mass is 79.9. The predicted octanol–water partition coefficient (Wildman–Crippen LogP) is 4.79. The van der Waals surface area contributed by atoms with Crippen molar-refractivity contribution in [1.29, 1.82) is 0 Å². The van der Waals surface area contributed by atoms with Gasteiger partial charge in [0.1, 0.15) is 5.58 Å². The van der Waals surface area contributed by atoms with E-state index < -0.39 is 0 Å². The van der Waals surface area contributed by atoms with Gasteiger partial charge in [-0.15, -0.1) is 0 Å². The zero-order valence-electron chi connectivity index (χ0n) is 10.7. The van der Waals surface area contributed by atoms with Crippen molar-refractivity contribution in [1.82, 2.24) is 0 Å². The van der Waals surface area contributed by atoms with Crippen molar-refractivity contribution in [3.8, 4) is 0 Å². The van der Waals surface area contributed by atoms with E-state index in [4.69, 9.17) is 10.2 Å². The number of benzene rings is 2. The van der Waals surface area contributed by atoms with Gasteiger partial charge in [0.25, 0.3) is 5.91 Å². The number of carbonyl (C=O) groups is 1. The van der Waals surface area contributed by atoms with E-state index in [0.29, 0.717) is 21.4 Å². The van der Waals surface area contributed by atoms with Gasteiger partial charge in [0.2, 0.25) is 0 Å². The Morgan fingerprint density at radius 1 is 1.14 bits per heavy atom. The van der Waals surface area contributed by atoms with Crippen LogP contribution in [0.1, 0.15) is 10.6 Å². The van der Waals surface area contributed by atoms with Crippen LogP contribution in [0.2, 0.25) is 0 Å². The van der Waals surface area contributed by atoms with Crippen LogP contribution >= 0.6 is 31.9 Å². The van der Waals surface area contributed by atoms with Crippen molar-refractivity contribution in [2.75, 3.05) is 11.1 Å². The lowest BCUT2D eigenvalue weighted by Crippen LogP contribution is -2.12. The summed E-state index contributed by atoms with van der Waals surface area (Å²) in [6, 6.07) is 12.7. The van der Waals surface area contributed by atoms with Crippen LogP contribution in [-0.4, -0.2) is 5.91 Å². The van der Waals surface area contributed by atoms with Gasteiger partial charge in [0, 0.05) is 14.3 Å². The van der Waals surface area contributed by atoms with Crippen molar-refractivity contribution in [3.05, 3.63) is 57.2 Å². The third-order valence-electron chi connectivity index (χ3n) is 2.97. The molecule has 1 aromatic heterocycles. The van der Waals surface area contributed by atoms with Gasteiger partial charge in [0.05, 0.1) is 11.4 Å². The molecular weight excluding hydrogens is 400 g/mol. The molecule has 0 bridgehead atoms. The first-order chi connectivity index (χ1) is 10.0. The maximum absolute atomic E-state index is 12.3. The summed E-state index contributed by atoms with van der Waals surface area (Å²) in [5.74, 6) is -0.105. The topological polar surface area (TPSA) is 68.3 Å². The fourth-order valence-electron chi connectivity index (χ4n) is 1.99. The van der Waals surface area contributed by atoms with Gasteiger partial charge in [-0.1, -0.05) is 34.1 Å². The van der Waals surface area contributed by atoms with E-state index in [2.05, 4.69) is 37.2 Å². The lowest BCUT2D eigenvalue weighted by Gasteiger charge is -2.09. The smallest absolute Gasteiger partial charge is 0.291 e. The summed E-state index contributed by atoms with van der Waals surface area (Å²) in [4.78, 5) is 12.3. The largest absolute Gasteiger partial charge is 0.451 e. The monoisotopic (exact) mass is 408 g/mol. The molecule has 0 saturated heterocycles. The number of furan rings is 1. The third-order valence-corrected chi connectivity index (χ3v) is 4.06. The summed E-state index contributed by atoms with van der Waals surface area (Å²) >= 11 is 6.72. The van der Waals surface area contributed by atoms with Crippen molar-refractivity contribution >= 4 is 60.1 Å². The average Bonchev–Trinajstić information content (AvgIpc) is 2.86. The highest BCUT2D eigenvalue weighted by Crippen LogP contribution is 2.33. The van der Waals surface area contributed by atoms with E-state index in [9.17, 15) is 4.79 Å². The highest BCUT2D eigenvalue weighted by molar-refractivity contribution is 9.11. The van der Waals surface area contributed by atoms with Crippen LogP contribution in [0.4, 0.5) is 11.4 Å². The van der Waals surface area contributed by atoms with E-state index in [1.165, 1.54) is 0 Å². The fourth-order valence-corrected chi connectivity index (χ4v) is 3.35. The maximum Gasteiger partial charge on any atom is 0.291 e. The molecule has 0 saturated carbocycles. The van der Waals surface area contributed by atoms with Gasteiger partial charge in [-0.3, -0.25) is 4.79 Å². The maximum atomic E-state index is 12.3. The number of rotatable bonds is 2. The summed E-state index contributed by atoms with van der Waals surface area (Å²) in [6.45, 7) is 0. The first-order valence-electron chi connectivity index (χ1n) is 6.09. The molecule has 0 aliphatic heterocycles. The number of nitrogen functional groups attached to an aromatic ring is 1. The summed E-state index contributed by atoms with van der Waals surface area (Å²) < 4.78 is 7.05. The van der Waals surface area contributed by atoms with E-state index in [1.54, 1.807) is 12.1 Å². The summed E-state index contributed by atoms with van der Waals surface area (Å²) in [5, 5.41) is 3.64. The van der Waals surface area contributed by atoms with Gasteiger partial charge in [-0.25, -0.2) is 0 Å². The first-order valence-corrected chi connectivity index (χ1v) is 7.67. The van der Waals surface area contributed by atoms with Crippen LogP contribution in [0.5, 0.6) is 0 Å². The molecule has 0 spiro atoms.